The van der Waals surface area contributed by atoms with Gasteiger partial charge in [0.1, 0.15) is 5.82 Å². The largest absolute Gasteiger partial charge is 0.353 e. The van der Waals surface area contributed by atoms with E-state index >= 15 is 0 Å². The molecule has 0 atom stereocenters. The Balaban J connectivity index is 2.00. The van der Waals surface area contributed by atoms with E-state index < -0.39 is 0 Å². The van der Waals surface area contributed by atoms with Gasteiger partial charge in [-0.25, -0.2) is 4.39 Å². The highest BCUT2D eigenvalue weighted by Crippen LogP contribution is 2.10. The number of hydrogen-bond acceptors (Lipinski definition) is 1. The summed E-state index contributed by atoms with van der Waals surface area (Å²) < 4.78 is 15.4. The van der Waals surface area contributed by atoms with Crippen LogP contribution in [0.2, 0.25) is 0 Å². The van der Waals surface area contributed by atoms with Crippen LogP contribution in [0.15, 0.2) is 42.6 Å². The molecule has 0 saturated carbocycles. The Morgan fingerprint density at radius 3 is 2.63 bits per heavy atom. The second-order valence-corrected chi connectivity index (χ2v) is 4.63. The van der Waals surface area contributed by atoms with Crippen LogP contribution < -0.4 is 0 Å². The van der Waals surface area contributed by atoms with Gasteiger partial charge in [0.15, 0.2) is 0 Å². The van der Waals surface area contributed by atoms with Crippen molar-refractivity contribution in [1.82, 2.24) is 9.47 Å². The first-order chi connectivity index (χ1) is 9.08. The molecule has 2 rings (SSSR count). The van der Waals surface area contributed by atoms with Crippen LogP contribution in [0.25, 0.3) is 0 Å². The molecule has 1 aromatic carbocycles. The fourth-order valence-electron chi connectivity index (χ4n) is 1.93. The monoisotopic (exact) mass is 260 g/mol. The van der Waals surface area contributed by atoms with Crippen LogP contribution >= 0.6 is 0 Å². The number of nitrogens with zero attached hydrogens (tertiary/aromatic N) is 2. The standard InChI is InChI=1S/C15H17FN2O/c1-17-9-5-7-13(17)11-18(2)15(19)10-12-6-3-4-8-14(12)16/h3-9H,10-11H2,1-2H3. The summed E-state index contributed by atoms with van der Waals surface area (Å²) in [6.07, 6.45) is 2.03. The minimum Gasteiger partial charge on any atom is -0.353 e. The van der Waals surface area contributed by atoms with Gasteiger partial charge in [-0.3, -0.25) is 4.79 Å². The van der Waals surface area contributed by atoms with Crippen molar-refractivity contribution in [3.05, 3.63) is 59.7 Å². The Bertz CT molecular complexity index is 577. The van der Waals surface area contributed by atoms with E-state index in [0.717, 1.165) is 5.69 Å². The van der Waals surface area contributed by atoms with Crippen molar-refractivity contribution in [1.29, 1.82) is 0 Å². The Hall–Kier alpha value is -2.10. The molecule has 0 unspecified atom stereocenters. The molecule has 1 heterocycles. The topological polar surface area (TPSA) is 25.2 Å². The molecule has 0 aliphatic carbocycles. The van der Waals surface area contributed by atoms with Crippen molar-refractivity contribution in [2.75, 3.05) is 7.05 Å². The SMILES string of the molecule is CN(Cc1cccn1C)C(=O)Cc1ccccc1F. The number of benzene rings is 1. The average molecular weight is 260 g/mol. The van der Waals surface area contributed by atoms with Crippen molar-refractivity contribution < 1.29 is 9.18 Å². The van der Waals surface area contributed by atoms with Crippen LogP contribution in [0.1, 0.15) is 11.3 Å². The Morgan fingerprint density at radius 2 is 2.00 bits per heavy atom. The zero-order chi connectivity index (χ0) is 13.8. The van der Waals surface area contributed by atoms with Gasteiger partial charge in [-0.2, -0.15) is 0 Å². The highest BCUT2D eigenvalue weighted by molar-refractivity contribution is 5.78. The lowest BCUT2D eigenvalue weighted by Gasteiger charge is -2.18. The molecule has 1 aromatic heterocycles. The summed E-state index contributed by atoms with van der Waals surface area (Å²) in [7, 11) is 3.67. The maximum absolute atomic E-state index is 13.5. The van der Waals surface area contributed by atoms with Crippen molar-refractivity contribution >= 4 is 5.91 Å². The summed E-state index contributed by atoms with van der Waals surface area (Å²) in [6.45, 7) is 0.525. The van der Waals surface area contributed by atoms with Gasteiger partial charge >= 0.3 is 0 Å². The third kappa shape index (κ3) is 3.22. The first kappa shape index (κ1) is 13.3. The van der Waals surface area contributed by atoms with Crippen LogP contribution in [0.4, 0.5) is 4.39 Å². The van der Waals surface area contributed by atoms with Crippen LogP contribution in [-0.4, -0.2) is 22.4 Å². The Kier molecular flexibility index (Phi) is 4.00. The molecule has 0 spiro atoms. The predicted molar refractivity (Wildman–Crippen MR) is 72.0 cm³/mol. The smallest absolute Gasteiger partial charge is 0.227 e. The highest BCUT2D eigenvalue weighted by atomic mass is 19.1. The molecule has 0 radical (unpaired) electrons. The molecule has 1 amide bonds. The van der Waals surface area contributed by atoms with Gasteiger partial charge in [-0.1, -0.05) is 18.2 Å². The molecule has 0 bridgehead atoms. The number of aromatic nitrogens is 1. The van der Waals surface area contributed by atoms with E-state index in [1.807, 2.05) is 29.9 Å². The number of likely N-dealkylation sites (N-methyl/N-ethyl adjacent to an activating group) is 1. The number of carbonyl (C=O) groups is 1. The third-order valence-corrected chi connectivity index (χ3v) is 3.18. The molecule has 19 heavy (non-hydrogen) atoms. The third-order valence-electron chi connectivity index (χ3n) is 3.18. The van der Waals surface area contributed by atoms with Gasteiger partial charge in [-0.05, 0) is 23.8 Å². The van der Waals surface area contributed by atoms with Gasteiger partial charge in [0.2, 0.25) is 5.91 Å². The quantitative estimate of drug-likeness (QED) is 0.828. The van der Waals surface area contributed by atoms with E-state index in [-0.39, 0.29) is 18.1 Å². The molecule has 100 valence electrons. The van der Waals surface area contributed by atoms with E-state index in [4.69, 9.17) is 0 Å². The van der Waals surface area contributed by atoms with Crippen LogP contribution in [0.3, 0.4) is 0 Å². The number of aryl methyl sites for hydroxylation is 1. The van der Waals surface area contributed by atoms with E-state index in [0.29, 0.717) is 12.1 Å². The number of rotatable bonds is 4. The number of amides is 1. The summed E-state index contributed by atoms with van der Waals surface area (Å²) >= 11 is 0. The molecule has 0 saturated heterocycles. The van der Waals surface area contributed by atoms with Gasteiger partial charge in [0.05, 0.1) is 13.0 Å². The van der Waals surface area contributed by atoms with E-state index in [9.17, 15) is 9.18 Å². The Morgan fingerprint density at radius 1 is 1.26 bits per heavy atom. The first-order valence-electron chi connectivity index (χ1n) is 6.15. The lowest BCUT2D eigenvalue weighted by molar-refractivity contribution is -0.129. The molecule has 0 aliphatic rings. The number of hydrogen-bond donors (Lipinski definition) is 0. The van der Waals surface area contributed by atoms with Crippen molar-refractivity contribution in [2.45, 2.75) is 13.0 Å². The van der Waals surface area contributed by atoms with Crippen molar-refractivity contribution in [3.8, 4) is 0 Å². The summed E-state index contributed by atoms with van der Waals surface area (Å²) in [5.41, 5.74) is 1.48. The van der Waals surface area contributed by atoms with Gasteiger partial charge in [0.25, 0.3) is 0 Å². The maximum atomic E-state index is 13.5. The fraction of sp³-hybridized carbons (Fsp3) is 0.267. The van der Waals surface area contributed by atoms with Crippen molar-refractivity contribution in [3.63, 3.8) is 0 Å². The fourth-order valence-corrected chi connectivity index (χ4v) is 1.93. The zero-order valence-corrected chi connectivity index (χ0v) is 11.1. The molecular weight excluding hydrogens is 243 g/mol. The van der Waals surface area contributed by atoms with Crippen LogP contribution in [-0.2, 0) is 24.8 Å². The van der Waals surface area contributed by atoms with Gasteiger partial charge in [-0.15, -0.1) is 0 Å². The van der Waals surface area contributed by atoms with Gasteiger partial charge in [0, 0.05) is 26.0 Å². The molecule has 3 nitrogen and oxygen atoms in total. The first-order valence-corrected chi connectivity index (χ1v) is 6.15. The van der Waals surface area contributed by atoms with E-state index in [1.54, 1.807) is 30.1 Å². The minimum atomic E-state index is -0.330. The molecule has 4 heteroatoms. The minimum absolute atomic E-state index is 0.0909. The highest BCUT2D eigenvalue weighted by Gasteiger charge is 2.13. The summed E-state index contributed by atoms with van der Waals surface area (Å²) in [5.74, 6) is -0.422. The second-order valence-electron chi connectivity index (χ2n) is 4.63. The van der Waals surface area contributed by atoms with E-state index in [2.05, 4.69) is 0 Å². The summed E-state index contributed by atoms with van der Waals surface area (Å²) in [6, 6.07) is 10.3. The molecule has 0 aliphatic heterocycles. The summed E-state index contributed by atoms with van der Waals surface area (Å²) in [5, 5.41) is 0. The molecule has 0 N–H and O–H groups in total. The maximum Gasteiger partial charge on any atom is 0.227 e. The van der Waals surface area contributed by atoms with E-state index in [1.165, 1.54) is 6.07 Å². The number of halogens is 1. The summed E-state index contributed by atoms with van der Waals surface area (Å²) in [4.78, 5) is 13.7. The average Bonchev–Trinajstić information content (AvgIpc) is 2.78. The normalized spacial score (nSPS) is 10.5. The molecule has 0 fully saturated rings. The number of carbonyl (C=O) groups excluding carboxylic acids is 1. The Labute approximate surface area is 112 Å². The van der Waals surface area contributed by atoms with Crippen molar-refractivity contribution in [2.24, 2.45) is 7.05 Å². The predicted octanol–water partition coefficient (Wildman–Crippen LogP) is 2.37. The second kappa shape index (κ2) is 5.69. The molecule has 2 aromatic rings. The van der Waals surface area contributed by atoms with Crippen LogP contribution in [0.5, 0.6) is 0 Å². The van der Waals surface area contributed by atoms with Gasteiger partial charge < -0.3 is 9.47 Å². The molecular formula is C15H17FN2O. The van der Waals surface area contributed by atoms with Crippen LogP contribution in [0, 0.1) is 5.82 Å². The lowest BCUT2D eigenvalue weighted by Crippen LogP contribution is -2.28. The lowest BCUT2D eigenvalue weighted by atomic mass is 10.1. The zero-order valence-electron chi connectivity index (χ0n) is 11.1.